The molecule has 0 aliphatic heterocycles. The van der Waals surface area contributed by atoms with Gasteiger partial charge in [-0.05, 0) is 24.8 Å². The summed E-state index contributed by atoms with van der Waals surface area (Å²) in [4.78, 5) is 11.7. The van der Waals surface area contributed by atoms with Gasteiger partial charge in [-0.1, -0.05) is 43.7 Å². The smallest absolute Gasteiger partial charge is 0.315 e. The van der Waals surface area contributed by atoms with Crippen LogP contribution in [0.1, 0.15) is 31.4 Å². The number of rotatable bonds is 8. The standard InChI is InChI=1S/C16H25NO3/c1-12(2)10-20-9-8-16(11-17,15(18)19)14-6-4-13(3)5-7-14/h4-7,12H,8-11,17H2,1-3H3,(H,18,19). The summed E-state index contributed by atoms with van der Waals surface area (Å²) in [5, 5.41) is 9.62. The number of aliphatic carboxylic acids is 1. The second-order valence-corrected chi connectivity index (χ2v) is 5.68. The molecule has 0 heterocycles. The number of hydrogen-bond acceptors (Lipinski definition) is 3. The van der Waals surface area contributed by atoms with Crippen LogP contribution < -0.4 is 5.73 Å². The summed E-state index contributed by atoms with van der Waals surface area (Å²) in [7, 11) is 0. The fourth-order valence-electron chi connectivity index (χ4n) is 2.12. The maximum atomic E-state index is 11.7. The van der Waals surface area contributed by atoms with Crippen molar-refractivity contribution < 1.29 is 14.6 Å². The highest BCUT2D eigenvalue weighted by Gasteiger charge is 2.38. The predicted molar refractivity (Wildman–Crippen MR) is 79.8 cm³/mol. The quantitative estimate of drug-likeness (QED) is 0.716. The molecule has 1 rings (SSSR count). The summed E-state index contributed by atoms with van der Waals surface area (Å²) in [5.74, 6) is -0.455. The lowest BCUT2D eigenvalue weighted by molar-refractivity contribution is -0.144. The summed E-state index contributed by atoms with van der Waals surface area (Å²) in [5.41, 5.74) is 6.56. The third-order valence-corrected chi connectivity index (χ3v) is 3.49. The Hall–Kier alpha value is -1.39. The zero-order chi connectivity index (χ0) is 15.2. The zero-order valence-corrected chi connectivity index (χ0v) is 12.6. The molecule has 112 valence electrons. The summed E-state index contributed by atoms with van der Waals surface area (Å²) in [6, 6.07) is 7.52. The number of carboxylic acid groups (broad SMARTS) is 1. The van der Waals surface area contributed by atoms with Crippen molar-refractivity contribution in [2.45, 2.75) is 32.6 Å². The van der Waals surface area contributed by atoms with E-state index in [2.05, 4.69) is 13.8 Å². The third-order valence-electron chi connectivity index (χ3n) is 3.49. The third kappa shape index (κ3) is 4.05. The molecule has 0 aliphatic carbocycles. The minimum Gasteiger partial charge on any atom is -0.481 e. The van der Waals surface area contributed by atoms with Gasteiger partial charge in [0.15, 0.2) is 0 Å². The Balaban J connectivity index is 2.86. The Labute approximate surface area is 120 Å². The van der Waals surface area contributed by atoms with E-state index in [-0.39, 0.29) is 6.54 Å². The van der Waals surface area contributed by atoms with Gasteiger partial charge in [-0.2, -0.15) is 0 Å². The van der Waals surface area contributed by atoms with Crippen LogP contribution in [0, 0.1) is 12.8 Å². The molecule has 0 spiro atoms. The Kier molecular flexibility index (Phi) is 6.17. The van der Waals surface area contributed by atoms with Gasteiger partial charge >= 0.3 is 5.97 Å². The van der Waals surface area contributed by atoms with Gasteiger partial charge in [-0.25, -0.2) is 0 Å². The first kappa shape index (κ1) is 16.7. The lowest BCUT2D eigenvalue weighted by Crippen LogP contribution is -2.44. The molecule has 20 heavy (non-hydrogen) atoms. The van der Waals surface area contributed by atoms with Crippen LogP contribution in [0.2, 0.25) is 0 Å². The second-order valence-electron chi connectivity index (χ2n) is 5.68. The van der Waals surface area contributed by atoms with E-state index in [1.54, 1.807) is 0 Å². The van der Waals surface area contributed by atoms with E-state index < -0.39 is 11.4 Å². The first-order chi connectivity index (χ1) is 9.42. The van der Waals surface area contributed by atoms with Crippen molar-refractivity contribution in [2.24, 2.45) is 11.7 Å². The van der Waals surface area contributed by atoms with Gasteiger partial charge in [0.05, 0.1) is 0 Å². The number of ether oxygens (including phenoxy) is 1. The Morgan fingerprint density at radius 3 is 2.40 bits per heavy atom. The number of aryl methyl sites for hydroxylation is 1. The molecular formula is C16H25NO3. The van der Waals surface area contributed by atoms with Crippen LogP contribution in [0.25, 0.3) is 0 Å². The molecule has 0 fully saturated rings. The minimum atomic E-state index is -1.06. The molecule has 1 aromatic rings. The second kappa shape index (κ2) is 7.41. The van der Waals surface area contributed by atoms with E-state index in [9.17, 15) is 9.90 Å². The van der Waals surface area contributed by atoms with Gasteiger partial charge in [0.1, 0.15) is 5.41 Å². The van der Waals surface area contributed by atoms with Crippen LogP contribution in [0.3, 0.4) is 0 Å². The van der Waals surface area contributed by atoms with Crippen molar-refractivity contribution in [3.8, 4) is 0 Å². The van der Waals surface area contributed by atoms with Gasteiger partial charge in [0, 0.05) is 19.8 Å². The van der Waals surface area contributed by atoms with Gasteiger partial charge in [-0.15, -0.1) is 0 Å². The fraction of sp³-hybridized carbons (Fsp3) is 0.562. The van der Waals surface area contributed by atoms with Gasteiger partial charge in [0.2, 0.25) is 0 Å². The van der Waals surface area contributed by atoms with E-state index in [0.717, 1.165) is 11.1 Å². The van der Waals surface area contributed by atoms with Crippen molar-refractivity contribution in [3.63, 3.8) is 0 Å². The lowest BCUT2D eigenvalue weighted by Gasteiger charge is -2.28. The van der Waals surface area contributed by atoms with E-state index >= 15 is 0 Å². The number of carbonyl (C=O) groups is 1. The number of benzene rings is 1. The van der Waals surface area contributed by atoms with Crippen LogP contribution in [0.4, 0.5) is 0 Å². The molecule has 0 bridgehead atoms. The van der Waals surface area contributed by atoms with E-state index in [1.165, 1.54) is 0 Å². The molecule has 1 atom stereocenters. The van der Waals surface area contributed by atoms with Crippen LogP contribution >= 0.6 is 0 Å². The van der Waals surface area contributed by atoms with Crippen molar-refractivity contribution in [1.82, 2.24) is 0 Å². The summed E-state index contributed by atoms with van der Waals surface area (Å²) >= 11 is 0. The molecule has 4 nitrogen and oxygen atoms in total. The van der Waals surface area contributed by atoms with Gasteiger partial charge < -0.3 is 15.6 Å². The average Bonchev–Trinajstić information content (AvgIpc) is 2.40. The summed E-state index contributed by atoms with van der Waals surface area (Å²) in [6.07, 6.45) is 0.384. The molecule has 4 heteroatoms. The highest BCUT2D eigenvalue weighted by molar-refractivity contribution is 5.81. The molecular weight excluding hydrogens is 254 g/mol. The van der Waals surface area contributed by atoms with Crippen molar-refractivity contribution >= 4 is 5.97 Å². The maximum absolute atomic E-state index is 11.7. The Bertz CT molecular complexity index is 428. The molecule has 0 radical (unpaired) electrons. The van der Waals surface area contributed by atoms with Crippen LogP contribution in [-0.4, -0.2) is 30.8 Å². The summed E-state index contributed by atoms with van der Waals surface area (Å²) < 4.78 is 5.53. The molecule has 0 amide bonds. The van der Waals surface area contributed by atoms with Crippen molar-refractivity contribution in [1.29, 1.82) is 0 Å². The first-order valence-corrected chi connectivity index (χ1v) is 7.00. The molecule has 0 aliphatic rings. The van der Waals surface area contributed by atoms with Crippen LogP contribution in [0.15, 0.2) is 24.3 Å². The van der Waals surface area contributed by atoms with Crippen molar-refractivity contribution in [2.75, 3.05) is 19.8 Å². The molecule has 0 saturated carbocycles. The molecule has 1 aromatic carbocycles. The normalized spacial score (nSPS) is 14.2. The van der Waals surface area contributed by atoms with Gasteiger partial charge in [-0.3, -0.25) is 4.79 Å². The molecule has 0 aromatic heterocycles. The topological polar surface area (TPSA) is 72.5 Å². The fourth-order valence-corrected chi connectivity index (χ4v) is 2.12. The lowest BCUT2D eigenvalue weighted by atomic mass is 9.77. The Morgan fingerprint density at radius 1 is 1.35 bits per heavy atom. The monoisotopic (exact) mass is 279 g/mol. The van der Waals surface area contributed by atoms with Crippen molar-refractivity contribution in [3.05, 3.63) is 35.4 Å². The number of nitrogens with two attached hydrogens (primary N) is 1. The highest BCUT2D eigenvalue weighted by atomic mass is 16.5. The largest absolute Gasteiger partial charge is 0.481 e. The molecule has 0 saturated heterocycles. The molecule has 1 unspecified atom stereocenters. The van der Waals surface area contributed by atoms with E-state index in [0.29, 0.717) is 25.6 Å². The molecule has 3 N–H and O–H groups in total. The predicted octanol–water partition coefficient (Wildman–Crippen LogP) is 2.34. The van der Waals surface area contributed by atoms with Gasteiger partial charge in [0.25, 0.3) is 0 Å². The minimum absolute atomic E-state index is 0.0659. The summed E-state index contributed by atoms with van der Waals surface area (Å²) in [6.45, 7) is 7.20. The maximum Gasteiger partial charge on any atom is 0.315 e. The zero-order valence-electron chi connectivity index (χ0n) is 12.6. The SMILES string of the molecule is Cc1ccc(C(CN)(CCOCC(C)C)C(=O)O)cc1. The van der Waals surface area contributed by atoms with E-state index in [1.807, 2.05) is 31.2 Å². The average molecular weight is 279 g/mol. The Morgan fingerprint density at radius 2 is 1.95 bits per heavy atom. The number of carboxylic acids is 1. The number of hydrogen-bond donors (Lipinski definition) is 2. The highest BCUT2D eigenvalue weighted by Crippen LogP contribution is 2.28. The van der Waals surface area contributed by atoms with Crippen LogP contribution in [0.5, 0.6) is 0 Å². The van der Waals surface area contributed by atoms with Crippen LogP contribution in [-0.2, 0) is 14.9 Å². The van der Waals surface area contributed by atoms with E-state index in [4.69, 9.17) is 10.5 Å². The first-order valence-electron chi connectivity index (χ1n) is 7.00.